The van der Waals surface area contributed by atoms with Gasteiger partial charge in [-0.15, -0.1) is 0 Å². The molecular formula is C14H12FN5O. The molecule has 0 bridgehead atoms. The number of fused-ring (bicyclic) bond motifs is 1. The van der Waals surface area contributed by atoms with Crippen LogP contribution in [0.3, 0.4) is 0 Å². The van der Waals surface area contributed by atoms with Gasteiger partial charge >= 0.3 is 6.03 Å². The Bertz CT molecular complexity index is 814. The molecule has 0 aliphatic heterocycles. The van der Waals surface area contributed by atoms with E-state index in [1.54, 1.807) is 22.8 Å². The third-order valence-corrected chi connectivity index (χ3v) is 2.82. The molecular weight excluding hydrogens is 273 g/mol. The first-order valence-corrected chi connectivity index (χ1v) is 6.26. The second-order valence-electron chi connectivity index (χ2n) is 4.49. The second-order valence-corrected chi connectivity index (χ2v) is 4.49. The van der Waals surface area contributed by atoms with Crippen molar-refractivity contribution < 1.29 is 9.18 Å². The number of anilines is 2. The summed E-state index contributed by atoms with van der Waals surface area (Å²) in [5.74, 6) is -0.496. The molecule has 6 nitrogen and oxygen atoms in total. The Hall–Kier alpha value is -2.96. The van der Waals surface area contributed by atoms with Crippen LogP contribution in [0.5, 0.6) is 0 Å². The van der Waals surface area contributed by atoms with Crippen LogP contribution in [0, 0.1) is 12.7 Å². The van der Waals surface area contributed by atoms with Crippen molar-refractivity contribution in [3.63, 3.8) is 0 Å². The quantitative estimate of drug-likeness (QED) is 0.760. The number of para-hydroxylation sites is 1. The van der Waals surface area contributed by atoms with E-state index in [4.69, 9.17) is 0 Å². The molecule has 0 spiro atoms. The van der Waals surface area contributed by atoms with Gasteiger partial charge in [0.2, 0.25) is 0 Å². The molecule has 2 aromatic heterocycles. The summed E-state index contributed by atoms with van der Waals surface area (Å²) in [7, 11) is 0. The fourth-order valence-electron chi connectivity index (χ4n) is 1.91. The molecule has 0 aliphatic rings. The highest BCUT2D eigenvalue weighted by atomic mass is 19.1. The Morgan fingerprint density at radius 2 is 2.10 bits per heavy atom. The Balaban J connectivity index is 1.75. The number of hydrogen-bond donors (Lipinski definition) is 2. The average molecular weight is 285 g/mol. The fourth-order valence-corrected chi connectivity index (χ4v) is 1.91. The van der Waals surface area contributed by atoms with Gasteiger partial charge in [-0.05, 0) is 19.1 Å². The van der Waals surface area contributed by atoms with E-state index in [0.29, 0.717) is 11.3 Å². The lowest BCUT2D eigenvalue weighted by Gasteiger charge is -2.08. The molecule has 3 rings (SSSR count). The van der Waals surface area contributed by atoms with Crippen molar-refractivity contribution in [2.75, 3.05) is 10.6 Å². The third-order valence-electron chi connectivity index (χ3n) is 2.82. The number of halogens is 1. The van der Waals surface area contributed by atoms with E-state index in [1.807, 2.05) is 13.0 Å². The van der Waals surface area contributed by atoms with Crippen molar-refractivity contribution >= 4 is 23.1 Å². The predicted octanol–water partition coefficient (Wildman–Crippen LogP) is 2.82. The number of nitrogens with one attached hydrogen (secondary N) is 2. The van der Waals surface area contributed by atoms with Gasteiger partial charge < -0.3 is 10.6 Å². The molecule has 0 fully saturated rings. The maximum Gasteiger partial charge on any atom is 0.323 e. The van der Waals surface area contributed by atoms with Gasteiger partial charge in [0, 0.05) is 6.07 Å². The zero-order chi connectivity index (χ0) is 14.8. The summed E-state index contributed by atoms with van der Waals surface area (Å²) in [6.07, 6.45) is 3.15. The maximum absolute atomic E-state index is 13.4. The molecule has 0 unspecified atom stereocenters. The molecule has 2 heterocycles. The standard InChI is InChI=1S/C14H12FN5O/c1-9-6-13-16-7-10(8-20(13)19-9)17-14(21)18-12-5-3-2-4-11(12)15/h2-8H,1H3,(H2,17,18,21). The molecule has 7 heteroatoms. The van der Waals surface area contributed by atoms with E-state index in [9.17, 15) is 9.18 Å². The van der Waals surface area contributed by atoms with Gasteiger partial charge in [0.25, 0.3) is 0 Å². The topological polar surface area (TPSA) is 71.3 Å². The summed E-state index contributed by atoms with van der Waals surface area (Å²) in [6.45, 7) is 1.85. The number of benzene rings is 1. The van der Waals surface area contributed by atoms with Crippen LogP contribution in [0.25, 0.3) is 5.65 Å². The highest BCUT2D eigenvalue weighted by molar-refractivity contribution is 5.99. The number of aromatic nitrogens is 3. The van der Waals surface area contributed by atoms with Crippen molar-refractivity contribution in [1.29, 1.82) is 0 Å². The van der Waals surface area contributed by atoms with Crippen LogP contribution in [-0.2, 0) is 0 Å². The average Bonchev–Trinajstić information content (AvgIpc) is 2.80. The first-order valence-electron chi connectivity index (χ1n) is 6.26. The lowest BCUT2D eigenvalue weighted by molar-refractivity contribution is 0.262. The number of hydrogen-bond acceptors (Lipinski definition) is 3. The van der Waals surface area contributed by atoms with Gasteiger partial charge in [-0.1, -0.05) is 12.1 Å². The largest absolute Gasteiger partial charge is 0.323 e. The number of carbonyl (C=O) groups is 1. The minimum Gasteiger partial charge on any atom is -0.305 e. The van der Waals surface area contributed by atoms with Crippen LogP contribution < -0.4 is 10.6 Å². The van der Waals surface area contributed by atoms with Crippen molar-refractivity contribution in [1.82, 2.24) is 14.6 Å². The van der Waals surface area contributed by atoms with Crippen LogP contribution in [-0.4, -0.2) is 20.6 Å². The van der Waals surface area contributed by atoms with Gasteiger partial charge in [-0.2, -0.15) is 5.10 Å². The molecule has 2 N–H and O–H groups in total. The molecule has 106 valence electrons. The molecule has 0 saturated heterocycles. The number of carbonyl (C=O) groups excluding carboxylic acids is 1. The first kappa shape index (κ1) is 13.0. The minimum absolute atomic E-state index is 0.110. The van der Waals surface area contributed by atoms with E-state index in [2.05, 4.69) is 20.7 Å². The molecule has 21 heavy (non-hydrogen) atoms. The van der Waals surface area contributed by atoms with E-state index in [-0.39, 0.29) is 5.69 Å². The zero-order valence-electron chi connectivity index (χ0n) is 11.2. The number of amides is 2. The van der Waals surface area contributed by atoms with Gasteiger partial charge in [0.05, 0.1) is 29.5 Å². The highest BCUT2D eigenvalue weighted by Crippen LogP contribution is 2.13. The number of rotatable bonds is 2. The molecule has 2 amide bonds. The maximum atomic E-state index is 13.4. The van der Waals surface area contributed by atoms with Crippen LogP contribution in [0.15, 0.2) is 42.7 Å². The first-order chi connectivity index (χ1) is 10.1. The SMILES string of the molecule is Cc1cc2ncc(NC(=O)Nc3ccccc3F)cn2n1. The molecule has 3 aromatic rings. The Kier molecular flexibility index (Phi) is 3.23. The van der Waals surface area contributed by atoms with E-state index in [0.717, 1.165) is 5.69 Å². The minimum atomic E-state index is -0.551. The summed E-state index contributed by atoms with van der Waals surface area (Å²) in [6, 6.07) is 7.21. The number of aryl methyl sites for hydroxylation is 1. The highest BCUT2D eigenvalue weighted by Gasteiger charge is 2.07. The zero-order valence-corrected chi connectivity index (χ0v) is 11.2. The van der Waals surface area contributed by atoms with Crippen molar-refractivity contribution in [2.45, 2.75) is 6.92 Å². The second kappa shape index (κ2) is 5.20. The Morgan fingerprint density at radius 3 is 2.90 bits per heavy atom. The summed E-state index contributed by atoms with van der Waals surface area (Å²) in [5, 5.41) is 9.21. The van der Waals surface area contributed by atoms with Gasteiger partial charge in [0.15, 0.2) is 5.65 Å². The fraction of sp³-hybridized carbons (Fsp3) is 0.0714. The van der Waals surface area contributed by atoms with Gasteiger partial charge in [-0.3, -0.25) is 0 Å². The van der Waals surface area contributed by atoms with E-state index < -0.39 is 11.8 Å². The summed E-state index contributed by atoms with van der Waals surface area (Å²) >= 11 is 0. The lowest BCUT2D eigenvalue weighted by Crippen LogP contribution is -2.20. The molecule has 0 atom stereocenters. The monoisotopic (exact) mass is 285 g/mol. The summed E-state index contributed by atoms with van der Waals surface area (Å²) < 4.78 is 15.0. The third kappa shape index (κ3) is 2.81. The molecule has 0 saturated carbocycles. The van der Waals surface area contributed by atoms with Gasteiger partial charge in [0.1, 0.15) is 5.82 Å². The van der Waals surface area contributed by atoms with E-state index in [1.165, 1.54) is 18.3 Å². The summed E-state index contributed by atoms with van der Waals surface area (Å²) in [4.78, 5) is 16.0. The Labute approximate surface area is 119 Å². The Morgan fingerprint density at radius 1 is 1.29 bits per heavy atom. The smallest absolute Gasteiger partial charge is 0.305 e. The van der Waals surface area contributed by atoms with Crippen LogP contribution in [0.1, 0.15) is 5.69 Å². The predicted molar refractivity (Wildman–Crippen MR) is 76.8 cm³/mol. The van der Waals surface area contributed by atoms with Crippen molar-refractivity contribution in [3.05, 3.63) is 54.2 Å². The molecule has 1 aromatic carbocycles. The lowest BCUT2D eigenvalue weighted by atomic mass is 10.3. The van der Waals surface area contributed by atoms with Crippen molar-refractivity contribution in [2.24, 2.45) is 0 Å². The summed E-state index contributed by atoms with van der Waals surface area (Å²) in [5.41, 5.74) is 2.08. The number of nitrogens with zero attached hydrogens (tertiary/aromatic N) is 3. The van der Waals surface area contributed by atoms with E-state index >= 15 is 0 Å². The van der Waals surface area contributed by atoms with Gasteiger partial charge in [-0.25, -0.2) is 18.7 Å². The van der Waals surface area contributed by atoms with Crippen LogP contribution in [0.2, 0.25) is 0 Å². The van der Waals surface area contributed by atoms with Crippen LogP contribution >= 0.6 is 0 Å². The number of urea groups is 1. The van der Waals surface area contributed by atoms with Crippen molar-refractivity contribution in [3.8, 4) is 0 Å². The molecule has 0 aliphatic carbocycles. The molecule has 0 radical (unpaired) electrons. The normalized spacial score (nSPS) is 10.6. The van der Waals surface area contributed by atoms with Crippen LogP contribution in [0.4, 0.5) is 20.6 Å².